The Morgan fingerprint density at radius 2 is 1.54 bits per heavy atom. The smallest absolute Gasteiger partial charge is 0.114 e. The minimum atomic E-state index is 0.790. The van der Waals surface area contributed by atoms with Gasteiger partial charge in [0, 0.05) is 18.7 Å². The van der Waals surface area contributed by atoms with Crippen LogP contribution in [0.3, 0.4) is 0 Å². The predicted molar refractivity (Wildman–Crippen MR) is 108 cm³/mol. The van der Waals surface area contributed by atoms with E-state index in [-0.39, 0.29) is 0 Å². The van der Waals surface area contributed by atoms with E-state index in [4.69, 9.17) is 10.7 Å². The number of rotatable bonds is 4. The van der Waals surface area contributed by atoms with E-state index in [0.717, 1.165) is 30.0 Å². The molecule has 3 heteroatoms. The maximum Gasteiger partial charge on any atom is 0.114 e. The number of benzene rings is 3. The summed E-state index contributed by atoms with van der Waals surface area (Å²) < 4.78 is 2.34. The Kier molecular flexibility index (Phi) is 4.21. The number of imidazole rings is 1. The van der Waals surface area contributed by atoms with Crippen molar-refractivity contribution in [3.63, 3.8) is 0 Å². The summed E-state index contributed by atoms with van der Waals surface area (Å²) in [6, 6.07) is 23.1. The molecule has 0 atom stereocenters. The second-order valence-electron chi connectivity index (χ2n) is 6.94. The first-order valence-corrected chi connectivity index (χ1v) is 8.95. The Bertz CT molecular complexity index is 1040. The number of aryl methyl sites for hydroxylation is 2. The topological polar surface area (TPSA) is 43.8 Å². The SMILES string of the molecule is Cc1cc2nc(Cc3ccc(N)cc3)n(Cc3ccccc3)c2cc1C. The lowest BCUT2D eigenvalue weighted by Crippen LogP contribution is -2.06. The van der Waals surface area contributed by atoms with Crippen LogP contribution in [0.2, 0.25) is 0 Å². The second-order valence-corrected chi connectivity index (χ2v) is 6.94. The van der Waals surface area contributed by atoms with Crippen molar-refractivity contribution < 1.29 is 0 Å². The maximum absolute atomic E-state index is 5.83. The molecule has 4 aromatic rings. The third-order valence-corrected chi connectivity index (χ3v) is 4.97. The van der Waals surface area contributed by atoms with E-state index >= 15 is 0 Å². The molecule has 4 rings (SSSR count). The van der Waals surface area contributed by atoms with Crippen LogP contribution in [-0.4, -0.2) is 9.55 Å². The maximum atomic E-state index is 5.83. The van der Waals surface area contributed by atoms with Gasteiger partial charge in [-0.05, 0) is 60.4 Å². The van der Waals surface area contributed by atoms with Crippen molar-refractivity contribution in [2.75, 3.05) is 5.73 Å². The van der Waals surface area contributed by atoms with Crippen LogP contribution in [0.5, 0.6) is 0 Å². The molecule has 0 aliphatic carbocycles. The number of anilines is 1. The average molecular weight is 341 g/mol. The van der Waals surface area contributed by atoms with Gasteiger partial charge in [-0.1, -0.05) is 42.5 Å². The van der Waals surface area contributed by atoms with Crippen LogP contribution in [0.25, 0.3) is 11.0 Å². The van der Waals surface area contributed by atoms with Gasteiger partial charge in [0.25, 0.3) is 0 Å². The molecule has 130 valence electrons. The molecule has 0 spiro atoms. The molecule has 0 radical (unpaired) electrons. The minimum Gasteiger partial charge on any atom is -0.399 e. The van der Waals surface area contributed by atoms with Crippen LogP contribution >= 0.6 is 0 Å². The van der Waals surface area contributed by atoms with Crippen LogP contribution in [0.15, 0.2) is 66.7 Å². The minimum absolute atomic E-state index is 0.790. The summed E-state index contributed by atoms with van der Waals surface area (Å²) in [6.45, 7) is 5.13. The fourth-order valence-corrected chi connectivity index (χ4v) is 3.33. The summed E-state index contributed by atoms with van der Waals surface area (Å²) in [6.07, 6.45) is 0.792. The van der Waals surface area contributed by atoms with Gasteiger partial charge in [-0.3, -0.25) is 0 Å². The summed E-state index contributed by atoms with van der Waals surface area (Å²) in [4.78, 5) is 4.96. The third-order valence-electron chi connectivity index (χ3n) is 4.97. The van der Waals surface area contributed by atoms with Crippen molar-refractivity contribution in [2.24, 2.45) is 0 Å². The molecule has 0 aliphatic heterocycles. The number of hydrogen-bond acceptors (Lipinski definition) is 2. The van der Waals surface area contributed by atoms with Crippen molar-refractivity contribution in [1.82, 2.24) is 9.55 Å². The Labute approximate surface area is 154 Å². The Hall–Kier alpha value is -3.07. The van der Waals surface area contributed by atoms with E-state index in [1.165, 1.54) is 27.8 Å². The highest BCUT2D eigenvalue weighted by molar-refractivity contribution is 5.78. The fourth-order valence-electron chi connectivity index (χ4n) is 3.33. The van der Waals surface area contributed by atoms with Gasteiger partial charge < -0.3 is 10.3 Å². The van der Waals surface area contributed by atoms with Gasteiger partial charge in [0.1, 0.15) is 5.82 Å². The quantitative estimate of drug-likeness (QED) is 0.538. The third kappa shape index (κ3) is 3.21. The molecular formula is C23H23N3. The number of aromatic nitrogens is 2. The monoisotopic (exact) mass is 341 g/mol. The zero-order chi connectivity index (χ0) is 18.1. The largest absolute Gasteiger partial charge is 0.399 e. The van der Waals surface area contributed by atoms with Gasteiger partial charge in [0.15, 0.2) is 0 Å². The van der Waals surface area contributed by atoms with Gasteiger partial charge in [-0.15, -0.1) is 0 Å². The van der Waals surface area contributed by atoms with Gasteiger partial charge in [-0.2, -0.15) is 0 Å². The average Bonchev–Trinajstić information content (AvgIpc) is 2.95. The molecule has 3 aromatic carbocycles. The molecule has 0 fully saturated rings. The van der Waals surface area contributed by atoms with E-state index in [9.17, 15) is 0 Å². The first-order chi connectivity index (χ1) is 12.6. The van der Waals surface area contributed by atoms with Crippen molar-refractivity contribution in [3.05, 3.63) is 94.8 Å². The van der Waals surface area contributed by atoms with Crippen molar-refractivity contribution >= 4 is 16.7 Å². The molecule has 0 unspecified atom stereocenters. The zero-order valence-corrected chi connectivity index (χ0v) is 15.2. The van der Waals surface area contributed by atoms with Gasteiger partial charge in [0.05, 0.1) is 11.0 Å². The molecule has 0 saturated heterocycles. The molecule has 0 saturated carbocycles. The van der Waals surface area contributed by atoms with E-state index in [1.807, 2.05) is 12.1 Å². The normalized spacial score (nSPS) is 11.2. The van der Waals surface area contributed by atoms with Gasteiger partial charge in [0.2, 0.25) is 0 Å². The van der Waals surface area contributed by atoms with E-state index in [0.29, 0.717) is 0 Å². The summed E-state index contributed by atoms with van der Waals surface area (Å²) in [7, 11) is 0. The van der Waals surface area contributed by atoms with Gasteiger partial charge in [-0.25, -0.2) is 4.98 Å². The van der Waals surface area contributed by atoms with Crippen LogP contribution < -0.4 is 5.73 Å². The second kappa shape index (κ2) is 6.68. The van der Waals surface area contributed by atoms with Crippen molar-refractivity contribution in [2.45, 2.75) is 26.8 Å². The Balaban J connectivity index is 1.81. The highest BCUT2D eigenvalue weighted by Crippen LogP contribution is 2.24. The first kappa shape index (κ1) is 16.4. The summed E-state index contributed by atoms with van der Waals surface area (Å²) >= 11 is 0. The summed E-state index contributed by atoms with van der Waals surface area (Å²) in [5, 5.41) is 0. The van der Waals surface area contributed by atoms with Crippen LogP contribution in [0.4, 0.5) is 5.69 Å². The first-order valence-electron chi connectivity index (χ1n) is 8.95. The lowest BCUT2D eigenvalue weighted by Gasteiger charge is -2.11. The Morgan fingerprint density at radius 3 is 2.27 bits per heavy atom. The molecule has 3 nitrogen and oxygen atoms in total. The molecule has 0 aliphatic rings. The number of nitrogens with zero attached hydrogens (tertiary/aromatic N) is 2. The summed E-state index contributed by atoms with van der Waals surface area (Å²) in [5.41, 5.74) is 14.0. The number of fused-ring (bicyclic) bond motifs is 1. The van der Waals surface area contributed by atoms with E-state index in [1.54, 1.807) is 0 Å². The van der Waals surface area contributed by atoms with Crippen molar-refractivity contribution in [1.29, 1.82) is 0 Å². The highest BCUT2D eigenvalue weighted by Gasteiger charge is 2.13. The molecule has 0 amide bonds. The molecule has 1 aromatic heterocycles. The van der Waals surface area contributed by atoms with Crippen LogP contribution in [0, 0.1) is 13.8 Å². The van der Waals surface area contributed by atoms with E-state index in [2.05, 4.69) is 73.0 Å². The Morgan fingerprint density at radius 1 is 0.846 bits per heavy atom. The lowest BCUT2D eigenvalue weighted by molar-refractivity contribution is 0.762. The molecule has 2 N–H and O–H groups in total. The number of nitrogens with two attached hydrogens (primary N) is 1. The fraction of sp³-hybridized carbons (Fsp3) is 0.174. The molecule has 0 bridgehead atoms. The van der Waals surface area contributed by atoms with Crippen molar-refractivity contribution in [3.8, 4) is 0 Å². The highest BCUT2D eigenvalue weighted by atomic mass is 15.1. The lowest BCUT2D eigenvalue weighted by atomic mass is 10.1. The van der Waals surface area contributed by atoms with Crippen LogP contribution in [-0.2, 0) is 13.0 Å². The predicted octanol–water partition coefficient (Wildman–Crippen LogP) is 4.87. The number of nitrogen functional groups attached to an aromatic ring is 1. The molecule has 26 heavy (non-hydrogen) atoms. The molecular weight excluding hydrogens is 318 g/mol. The van der Waals surface area contributed by atoms with Gasteiger partial charge >= 0.3 is 0 Å². The summed E-state index contributed by atoms with van der Waals surface area (Å²) in [5.74, 6) is 1.08. The van der Waals surface area contributed by atoms with Crippen LogP contribution in [0.1, 0.15) is 28.1 Å². The zero-order valence-electron chi connectivity index (χ0n) is 15.2. The van der Waals surface area contributed by atoms with E-state index < -0.39 is 0 Å². The molecule has 1 heterocycles. The number of hydrogen-bond donors (Lipinski definition) is 1. The standard InChI is InChI=1S/C23H23N3/c1-16-12-21-22(13-17(16)2)26(15-19-6-4-3-5-7-19)23(25-21)14-18-8-10-20(24)11-9-18/h3-13H,14-15,24H2,1-2H3.